The SMILES string of the molecule is CC(=CNCC(O)O)C(=O)O. The number of nitrogens with one attached hydrogen (secondary N) is 1. The lowest BCUT2D eigenvalue weighted by Gasteiger charge is -2.02. The van der Waals surface area contributed by atoms with E-state index in [0.717, 1.165) is 0 Å². The average molecular weight is 161 g/mol. The van der Waals surface area contributed by atoms with Gasteiger partial charge in [-0.05, 0) is 6.92 Å². The number of carboxylic acid groups (broad SMARTS) is 1. The Bertz CT molecular complexity index is 164. The zero-order valence-electron chi connectivity index (χ0n) is 6.11. The minimum atomic E-state index is -1.46. The van der Waals surface area contributed by atoms with E-state index in [1.165, 1.54) is 13.1 Å². The normalized spacial score (nSPS) is 11.8. The number of rotatable bonds is 4. The number of carboxylic acids is 1. The molecular formula is C6H11NO4. The second kappa shape index (κ2) is 4.70. The minimum absolute atomic E-state index is 0.0787. The molecule has 0 radical (unpaired) electrons. The van der Waals surface area contributed by atoms with Crippen molar-refractivity contribution in [1.82, 2.24) is 5.32 Å². The summed E-state index contributed by atoms with van der Waals surface area (Å²) in [6.07, 6.45) is -0.255. The van der Waals surface area contributed by atoms with E-state index in [-0.39, 0.29) is 12.1 Å². The van der Waals surface area contributed by atoms with Crippen molar-refractivity contribution in [1.29, 1.82) is 0 Å². The highest BCUT2D eigenvalue weighted by Crippen LogP contribution is 1.87. The van der Waals surface area contributed by atoms with Crippen molar-refractivity contribution in [3.05, 3.63) is 11.8 Å². The van der Waals surface area contributed by atoms with Gasteiger partial charge in [0, 0.05) is 11.8 Å². The van der Waals surface area contributed by atoms with Gasteiger partial charge in [-0.1, -0.05) is 0 Å². The highest BCUT2D eigenvalue weighted by molar-refractivity contribution is 5.85. The Labute approximate surface area is 64.0 Å². The van der Waals surface area contributed by atoms with Crippen molar-refractivity contribution in [2.45, 2.75) is 13.2 Å². The van der Waals surface area contributed by atoms with Gasteiger partial charge in [-0.3, -0.25) is 0 Å². The fourth-order valence-corrected chi connectivity index (χ4v) is 0.379. The Kier molecular flexibility index (Phi) is 4.24. The number of hydrogen-bond acceptors (Lipinski definition) is 4. The molecule has 0 bridgehead atoms. The average Bonchev–Trinajstić information content (AvgIpc) is 1.86. The predicted octanol–water partition coefficient (Wildman–Crippen LogP) is -1.12. The van der Waals surface area contributed by atoms with Crippen molar-refractivity contribution < 1.29 is 20.1 Å². The topological polar surface area (TPSA) is 89.8 Å². The summed E-state index contributed by atoms with van der Waals surface area (Å²) >= 11 is 0. The molecule has 0 heterocycles. The zero-order chi connectivity index (χ0) is 8.85. The molecule has 0 spiro atoms. The molecule has 0 unspecified atom stereocenters. The monoisotopic (exact) mass is 161 g/mol. The third-order valence-corrected chi connectivity index (χ3v) is 0.956. The molecule has 0 aliphatic heterocycles. The summed E-state index contributed by atoms with van der Waals surface area (Å²) in [6, 6.07) is 0. The molecule has 0 aromatic rings. The minimum Gasteiger partial charge on any atom is -0.478 e. The molecule has 0 aromatic carbocycles. The lowest BCUT2D eigenvalue weighted by molar-refractivity contribution is -0.132. The maximum Gasteiger partial charge on any atom is 0.332 e. The molecule has 5 heteroatoms. The van der Waals surface area contributed by atoms with Gasteiger partial charge in [0.1, 0.15) is 0 Å². The summed E-state index contributed by atoms with van der Waals surface area (Å²) < 4.78 is 0. The number of aliphatic hydroxyl groups excluding tert-OH is 1. The molecule has 0 rings (SSSR count). The molecule has 64 valence electrons. The maximum absolute atomic E-state index is 10.1. The largest absolute Gasteiger partial charge is 0.478 e. The van der Waals surface area contributed by atoms with E-state index >= 15 is 0 Å². The van der Waals surface area contributed by atoms with Crippen LogP contribution in [0.25, 0.3) is 0 Å². The number of hydrogen-bond donors (Lipinski definition) is 4. The lowest BCUT2D eigenvalue weighted by atomic mass is 10.3. The third-order valence-electron chi connectivity index (χ3n) is 0.956. The van der Waals surface area contributed by atoms with Gasteiger partial charge in [0.2, 0.25) is 0 Å². The van der Waals surface area contributed by atoms with E-state index in [1.807, 2.05) is 0 Å². The summed E-state index contributed by atoms with van der Waals surface area (Å²) in [7, 11) is 0. The van der Waals surface area contributed by atoms with Gasteiger partial charge >= 0.3 is 5.97 Å². The van der Waals surface area contributed by atoms with E-state index in [1.54, 1.807) is 0 Å². The van der Waals surface area contributed by atoms with Crippen LogP contribution in [0.1, 0.15) is 6.92 Å². The molecule has 0 atom stereocenters. The van der Waals surface area contributed by atoms with Crippen LogP contribution in [0, 0.1) is 0 Å². The predicted molar refractivity (Wildman–Crippen MR) is 37.6 cm³/mol. The van der Waals surface area contributed by atoms with Gasteiger partial charge in [0.25, 0.3) is 0 Å². The highest BCUT2D eigenvalue weighted by Gasteiger charge is 1.98. The molecule has 4 N–H and O–H groups in total. The Hall–Kier alpha value is -1.07. The lowest BCUT2D eigenvalue weighted by Crippen LogP contribution is -2.22. The summed E-state index contributed by atoms with van der Waals surface area (Å²) in [5, 5.41) is 27.4. The second-order valence-electron chi connectivity index (χ2n) is 2.02. The van der Waals surface area contributed by atoms with Crippen LogP contribution >= 0.6 is 0 Å². The van der Waals surface area contributed by atoms with Gasteiger partial charge < -0.3 is 20.6 Å². The molecule has 0 aliphatic carbocycles. The van der Waals surface area contributed by atoms with E-state index in [0.29, 0.717) is 0 Å². The van der Waals surface area contributed by atoms with Crippen LogP contribution in [0.4, 0.5) is 0 Å². The molecule has 0 amide bonds. The quantitative estimate of drug-likeness (QED) is 0.309. The fraction of sp³-hybridized carbons (Fsp3) is 0.500. The smallest absolute Gasteiger partial charge is 0.332 e. The zero-order valence-corrected chi connectivity index (χ0v) is 6.11. The first-order valence-electron chi connectivity index (χ1n) is 3.03. The molecular weight excluding hydrogens is 150 g/mol. The first kappa shape index (κ1) is 9.93. The molecule has 0 fully saturated rings. The molecule has 0 saturated heterocycles. The van der Waals surface area contributed by atoms with E-state index < -0.39 is 12.3 Å². The van der Waals surface area contributed by atoms with Gasteiger partial charge in [0.15, 0.2) is 6.29 Å². The Morgan fingerprint density at radius 2 is 2.18 bits per heavy atom. The Morgan fingerprint density at radius 3 is 2.55 bits per heavy atom. The summed E-state index contributed by atoms with van der Waals surface area (Å²) in [5.74, 6) is -1.04. The van der Waals surface area contributed by atoms with E-state index in [9.17, 15) is 4.79 Å². The van der Waals surface area contributed by atoms with Crippen LogP contribution < -0.4 is 5.32 Å². The molecule has 5 nitrogen and oxygen atoms in total. The van der Waals surface area contributed by atoms with E-state index in [4.69, 9.17) is 15.3 Å². The number of aliphatic carboxylic acids is 1. The first-order chi connectivity index (χ1) is 5.04. The van der Waals surface area contributed by atoms with Gasteiger partial charge in [-0.15, -0.1) is 0 Å². The van der Waals surface area contributed by atoms with Crippen molar-refractivity contribution in [2.75, 3.05) is 6.54 Å². The molecule has 0 aliphatic rings. The van der Waals surface area contributed by atoms with Crippen LogP contribution in [0.3, 0.4) is 0 Å². The van der Waals surface area contributed by atoms with Crippen LogP contribution in [0.2, 0.25) is 0 Å². The highest BCUT2D eigenvalue weighted by atomic mass is 16.5. The number of carbonyl (C=O) groups is 1. The first-order valence-corrected chi connectivity index (χ1v) is 3.03. The maximum atomic E-state index is 10.1. The number of aliphatic hydroxyl groups is 2. The van der Waals surface area contributed by atoms with Crippen molar-refractivity contribution in [3.63, 3.8) is 0 Å². The van der Waals surface area contributed by atoms with Gasteiger partial charge in [-0.2, -0.15) is 0 Å². The van der Waals surface area contributed by atoms with Crippen molar-refractivity contribution >= 4 is 5.97 Å². The summed E-state index contributed by atoms with van der Waals surface area (Å²) in [4.78, 5) is 10.1. The van der Waals surface area contributed by atoms with Crippen LogP contribution in [0.5, 0.6) is 0 Å². The van der Waals surface area contributed by atoms with Crippen molar-refractivity contribution in [3.8, 4) is 0 Å². The van der Waals surface area contributed by atoms with Gasteiger partial charge in [-0.25, -0.2) is 4.79 Å². The summed E-state index contributed by atoms with van der Waals surface area (Å²) in [6.45, 7) is 1.32. The molecule has 0 saturated carbocycles. The standard InChI is InChI=1S/C6H11NO4/c1-4(6(10)11)2-7-3-5(8)9/h2,5,7-9H,3H2,1H3,(H,10,11). The fourth-order valence-electron chi connectivity index (χ4n) is 0.379. The van der Waals surface area contributed by atoms with Gasteiger partial charge in [0.05, 0.1) is 6.54 Å². The third kappa shape index (κ3) is 5.38. The second-order valence-corrected chi connectivity index (χ2v) is 2.02. The molecule has 11 heavy (non-hydrogen) atoms. The summed E-state index contributed by atoms with van der Waals surface area (Å²) in [5.41, 5.74) is 0.116. The van der Waals surface area contributed by atoms with Crippen LogP contribution in [-0.4, -0.2) is 34.1 Å². The van der Waals surface area contributed by atoms with Crippen LogP contribution in [-0.2, 0) is 4.79 Å². The van der Waals surface area contributed by atoms with E-state index in [2.05, 4.69) is 5.32 Å². The molecule has 0 aromatic heterocycles. The Morgan fingerprint density at radius 1 is 1.64 bits per heavy atom. The Balaban J connectivity index is 3.65. The van der Waals surface area contributed by atoms with Crippen molar-refractivity contribution in [2.24, 2.45) is 0 Å². The van der Waals surface area contributed by atoms with Crippen LogP contribution in [0.15, 0.2) is 11.8 Å².